The lowest BCUT2D eigenvalue weighted by Gasteiger charge is -2.02. The van der Waals surface area contributed by atoms with Gasteiger partial charge in [0.15, 0.2) is 0 Å². The average molecular weight is 317 g/mol. The van der Waals surface area contributed by atoms with Gasteiger partial charge in [-0.25, -0.2) is 0 Å². The van der Waals surface area contributed by atoms with Gasteiger partial charge in [0, 0.05) is 29.8 Å². The van der Waals surface area contributed by atoms with Gasteiger partial charge in [-0.3, -0.25) is 14.9 Å². The quantitative estimate of drug-likeness (QED) is 0.520. The van der Waals surface area contributed by atoms with Gasteiger partial charge in [-0.05, 0) is 29.3 Å². The average Bonchev–Trinajstić information content (AvgIpc) is 2.52. The number of carbonyl (C=O) groups is 1. The molecule has 0 heterocycles. The molecule has 0 aliphatic carbocycles. The number of rotatable bonds is 5. The number of hydrogen-bond acceptors (Lipinski definition) is 3. The Balaban J connectivity index is 1.92. The van der Waals surface area contributed by atoms with Crippen LogP contribution in [0.3, 0.4) is 0 Å². The Bertz CT molecular complexity index is 712. The van der Waals surface area contributed by atoms with Crippen molar-refractivity contribution in [1.82, 2.24) is 5.32 Å². The van der Waals surface area contributed by atoms with Gasteiger partial charge in [0.05, 0.1) is 4.92 Å². The summed E-state index contributed by atoms with van der Waals surface area (Å²) < 4.78 is 0. The van der Waals surface area contributed by atoms with Crippen LogP contribution in [-0.2, 0) is 11.3 Å². The van der Waals surface area contributed by atoms with Crippen LogP contribution in [0, 0.1) is 10.1 Å². The van der Waals surface area contributed by atoms with Crippen molar-refractivity contribution in [3.05, 3.63) is 80.9 Å². The van der Waals surface area contributed by atoms with E-state index in [2.05, 4.69) is 5.32 Å². The van der Waals surface area contributed by atoms with Crippen LogP contribution in [0.1, 0.15) is 11.1 Å². The highest BCUT2D eigenvalue weighted by atomic mass is 35.5. The number of carbonyl (C=O) groups excluding carboxylic acids is 1. The first-order chi connectivity index (χ1) is 10.5. The number of nitro benzene ring substituents is 1. The lowest BCUT2D eigenvalue weighted by molar-refractivity contribution is -0.384. The molecule has 1 amide bonds. The molecule has 0 aliphatic rings. The molecule has 0 saturated heterocycles. The molecule has 0 atom stereocenters. The number of nitro groups is 1. The van der Waals surface area contributed by atoms with Gasteiger partial charge in [0.25, 0.3) is 5.69 Å². The molecule has 2 aromatic carbocycles. The van der Waals surface area contributed by atoms with E-state index in [9.17, 15) is 14.9 Å². The standard InChI is InChI=1S/C16H13ClN2O3/c17-14-7-4-13(5-8-14)11-18-16(20)9-6-12-2-1-3-15(10-12)19(21)22/h1-10H,11H2,(H,18,20)/b9-6+. The summed E-state index contributed by atoms with van der Waals surface area (Å²) in [5.41, 5.74) is 1.51. The molecule has 2 aromatic rings. The van der Waals surface area contributed by atoms with Gasteiger partial charge in [-0.1, -0.05) is 35.9 Å². The normalized spacial score (nSPS) is 10.6. The predicted molar refractivity (Wildman–Crippen MR) is 85.4 cm³/mol. The summed E-state index contributed by atoms with van der Waals surface area (Å²) in [4.78, 5) is 21.9. The van der Waals surface area contributed by atoms with Crippen LogP contribution in [0.25, 0.3) is 6.08 Å². The maximum Gasteiger partial charge on any atom is 0.270 e. The molecule has 0 fully saturated rings. The molecule has 0 unspecified atom stereocenters. The lowest BCUT2D eigenvalue weighted by Crippen LogP contribution is -2.20. The predicted octanol–water partition coefficient (Wildman–Crippen LogP) is 3.58. The van der Waals surface area contributed by atoms with Gasteiger partial charge >= 0.3 is 0 Å². The molecule has 0 bridgehead atoms. The highest BCUT2D eigenvalue weighted by Gasteiger charge is 2.04. The second-order valence-electron chi connectivity index (χ2n) is 4.53. The van der Waals surface area contributed by atoms with E-state index in [4.69, 9.17) is 11.6 Å². The molecule has 1 N–H and O–H groups in total. The second-order valence-corrected chi connectivity index (χ2v) is 4.97. The molecule has 0 aromatic heterocycles. The fraction of sp³-hybridized carbons (Fsp3) is 0.0625. The summed E-state index contributed by atoms with van der Waals surface area (Å²) in [7, 11) is 0. The molecule has 0 aliphatic heterocycles. The van der Waals surface area contributed by atoms with Gasteiger partial charge in [0.2, 0.25) is 5.91 Å². The van der Waals surface area contributed by atoms with Crippen LogP contribution in [0.4, 0.5) is 5.69 Å². The van der Waals surface area contributed by atoms with Crippen LogP contribution < -0.4 is 5.32 Å². The van der Waals surface area contributed by atoms with Gasteiger partial charge in [-0.15, -0.1) is 0 Å². The number of nitrogens with zero attached hydrogens (tertiary/aromatic N) is 1. The Labute approximate surface area is 132 Å². The number of benzene rings is 2. The smallest absolute Gasteiger partial charge is 0.270 e. The van der Waals surface area contributed by atoms with Crippen LogP contribution in [-0.4, -0.2) is 10.8 Å². The molecular weight excluding hydrogens is 304 g/mol. The minimum absolute atomic E-state index is 0.0104. The number of nitrogens with one attached hydrogen (secondary N) is 1. The summed E-state index contributed by atoms with van der Waals surface area (Å²) >= 11 is 5.78. The zero-order valence-electron chi connectivity index (χ0n) is 11.5. The second kappa shape index (κ2) is 7.38. The lowest BCUT2D eigenvalue weighted by atomic mass is 10.2. The Morgan fingerprint density at radius 2 is 1.95 bits per heavy atom. The molecule has 0 radical (unpaired) electrons. The number of halogens is 1. The van der Waals surface area contributed by atoms with Crippen molar-refractivity contribution in [2.75, 3.05) is 0 Å². The minimum atomic E-state index is -0.474. The summed E-state index contributed by atoms with van der Waals surface area (Å²) in [6, 6.07) is 13.2. The van der Waals surface area contributed by atoms with Crippen LogP contribution >= 0.6 is 11.6 Å². The molecule has 5 nitrogen and oxygen atoms in total. The van der Waals surface area contributed by atoms with Crippen molar-refractivity contribution in [2.45, 2.75) is 6.54 Å². The van der Waals surface area contributed by atoms with E-state index in [0.29, 0.717) is 17.1 Å². The summed E-state index contributed by atoms with van der Waals surface area (Å²) in [5.74, 6) is -0.276. The van der Waals surface area contributed by atoms with Crippen molar-refractivity contribution in [3.8, 4) is 0 Å². The van der Waals surface area contributed by atoms with Gasteiger partial charge in [0.1, 0.15) is 0 Å². The van der Waals surface area contributed by atoms with Gasteiger partial charge in [-0.2, -0.15) is 0 Å². The molecular formula is C16H13ClN2O3. The Morgan fingerprint density at radius 1 is 1.23 bits per heavy atom. The largest absolute Gasteiger partial charge is 0.348 e. The van der Waals surface area contributed by atoms with E-state index >= 15 is 0 Å². The third-order valence-electron chi connectivity index (χ3n) is 2.89. The monoisotopic (exact) mass is 316 g/mol. The van der Waals surface area contributed by atoms with E-state index in [1.54, 1.807) is 24.3 Å². The molecule has 2 rings (SSSR count). The molecule has 0 saturated carbocycles. The SMILES string of the molecule is O=C(/C=C/c1cccc([N+](=O)[O-])c1)NCc1ccc(Cl)cc1. The fourth-order valence-corrected chi connectivity index (χ4v) is 1.89. The third kappa shape index (κ3) is 4.71. The Hall–Kier alpha value is -2.66. The maximum absolute atomic E-state index is 11.7. The van der Waals surface area contributed by atoms with Crippen LogP contribution in [0.15, 0.2) is 54.6 Å². The highest BCUT2D eigenvalue weighted by molar-refractivity contribution is 6.30. The van der Waals surface area contributed by atoms with E-state index < -0.39 is 4.92 Å². The number of non-ortho nitro benzene ring substituents is 1. The Morgan fingerprint density at radius 3 is 2.64 bits per heavy atom. The summed E-state index contributed by atoms with van der Waals surface area (Å²) in [6.45, 7) is 0.384. The van der Waals surface area contributed by atoms with Crippen molar-refractivity contribution >= 4 is 29.3 Å². The zero-order valence-corrected chi connectivity index (χ0v) is 12.3. The van der Waals surface area contributed by atoms with E-state index in [-0.39, 0.29) is 11.6 Å². The number of hydrogen-bond donors (Lipinski definition) is 1. The topological polar surface area (TPSA) is 72.2 Å². The molecule has 22 heavy (non-hydrogen) atoms. The fourth-order valence-electron chi connectivity index (χ4n) is 1.76. The molecule has 0 spiro atoms. The van der Waals surface area contributed by atoms with Crippen LogP contribution in [0.2, 0.25) is 5.02 Å². The first-order valence-electron chi connectivity index (χ1n) is 6.49. The maximum atomic E-state index is 11.7. The first kappa shape index (κ1) is 15.7. The van der Waals surface area contributed by atoms with Crippen molar-refractivity contribution < 1.29 is 9.72 Å². The highest BCUT2D eigenvalue weighted by Crippen LogP contribution is 2.14. The Kier molecular flexibility index (Phi) is 5.27. The molecule has 112 valence electrons. The zero-order chi connectivity index (χ0) is 15.9. The summed E-state index contributed by atoms with van der Waals surface area (Å²) in [5, 5.41) is 14.0. The van der Waals surface area contributed by atoms with E-state index in [1.807, 2.05) is 12.1 Å². The first-order valence-corrected chi connectivity index (χ1v) is 6.87. The van der Waals surface area contributed by atoms with Crippen molar-refractivity contribution in [3.63, 3.8) is 0 Å². The molecule has 6 heteroatoms. The third-order valence-corrected chi connectivity index (χ3v) is 3.14. The van der Waals surface area contributed by atoms with Crippen molar-refractivity contribution in [1.29, 1.82) is 0 Å². The van der Waals surface area contributed by atoms with Crippen LogP contribution in [0.5, 0.6) is 0 Å². The van der Waals surface area contributed by atoms with E-state index in [1.165, 1.54) is 24.3 Å². The minimum Gasteiger partial charge on any atom is -0.348 e. The summed E-state index contributed by atoms with van der Waals surface area (Å²) in [6.07, 6.45) is 2.87. The van der Waals surface area contributed by atoms with Crippen molar-refractivity contribution in [2.24, 2.45) is 0 Å². The van der Waals surface area contributed by atoms with Gasteiger partial charge < -0.3 is 5.32 Å². The number of amides is 1. The van der Waals surface area contributed by atoms with E-state index in [0.717, 1.165) is 5.56 Å².